The first-order valence-corrected chi connectivity index (χ1v) is 14.5. The molecule has 0 radical (unpaired) electrons. The molecule has 0 aliphatic heterocycles. The lowest BCUT2D eigenvalue weighted by Gasteiger charge is -2.46. The predicted octanol–water partition coefficient (Wildman–Crippen LogP) is 4.12. The van der Waals surface area contributed by atoms with Gasteiger partial charge in [-0.05, 0) is 86.6 Å². The Hall–Kier alpha value is -3.89. The molecule has 0 spiro atoms. The summed E-state index contributed by atoms with van der Waals surface area (Å²) >= 11 is 0. The van der Waals surface area contributed by atoms with Crippen molar-refractivity contribution in [1.29, 1.82) is 0 Å². The van der Waals surface area contributed by atoms with Gasteiger partial charge >= 0.3 is 0 Å². The highest BCUT2D eigenvalue weighted by molar-refractivity contribution is 7.98. The average molecular weight is 545 g/mol. The number of aromatic nitrogens is 5. The maximum absolute atomic E-state index is 14.3. The fraction of sp³-hybridized carbons (Fsp3) is 0.276. The van der Waals surface area contributed by atoms with Crippen molar-refractivity contribution in [2.75, 3.05) is 7.05 Å². The van der Waals surface area contributed by atoms with Gasteiger partial charge in [-0.25, -0.2) is 17.6 Å². The summed E-state index contributed by atoms with van der Waals surface area (Å²) in [6.07, 6.45) is 11.1. The zero-order valence-electron chi connectivity index (χ0n) is 21.8. The van der Waals surface area contributed by atoms with Gasteiger partial charge in [0.2, 0.25) is 0 Å². The molecule has 3 aromatic heterocycles. The van der Waals surface area contributed by atoms with E-state index < -0.39 is 15.1 Å². The Morgan fingerprint density at radius 3 is 2.67 bits per heavy atom. The van der Waals surface area contributed by atoms with Gasteiger partial charge in [0.1, 0.15) is 11.5 Å². The smallest absolute Gasteiger partial charge is 0.191 e. The van der Waals surface area contributed by atoms with Crippen molar-refractivity contribution in [1.82, 2.24) is 28.9 Å². The number of halogens is 1. The molecule has 8 nitrogen and oxygen atoms in total. The van der Waals surface area contributed by atoms with Crippen molar-refractivity contribution in [2.24, 2.45) is 12.5 Å². The molecular weight excluding hydrogens is 515 g/mol. The van der Waals surface area contributed by atoms with Crippen LogP contribution in [0.3, 0.4) is 0 Å². The molecule has 0 saturated heterocycles. The van der Waals surface area contributed by atoms with Gasteiger partial charge in [0.15, 0.2) is 5.78 Å². The van der Waals surface area contributed by atoms with Crippen molar-refractivity contribution in [2.45, 2.75) is 36.6 Å². The average Bonchev–Trinajstić information content (AvgIpc) is 3.57. The van der Waals surface area contributed by atoms with Crippen LogP contribution in [0.25, 0.3) is 11.8 Å². The van der Waals surface area contributed by atoms with Gasteiger partial charge in [0, 0.05) is 25.5 Å². The summed E-state index contributed by atoms with van der Waals surface area (Å²) in [6.45, 7) is 0. The van der Waals surface area contributed by atoms with Gasteiger partial charge in [0.05, 0.1) is 43.8 Å². The number of hydrogen-bond donors (Lipinski definition) is 0. The number of pyridine rings is 1. The number of fused-ring (bicyclic) bond motifs is 2. The van der Waals surface area contributed by atoms with E-state index in [1.165, 1.54) is 12.1 Å². The zero-order chi connectivity index (χ0) is 27.4. The molecule has 6 rings (SSSR count). The lowest BCUT2D eigenvalue weighted by molar-refractivity contribution is 0.0749. The zero-order valence-corrected chi connectivity index (χ0v) is 22.6. The van der Waals surface area contributed by atoms with Crippen molar-refractivity contribution in [3.8, 4) is 5.69 Å². The number of benzene rings is 1. The quantitative estimate of drug-likeness (QED) is 0.269. The molecule has 1 saturated carbocycles. The summed E-state index contributed by atoms with van der Waals surface area (Å²) in [7, 11) is 0.789. The first-order valence-electron chi connectivity index (χ1n) is 12.8. The van der Waals surface area contributed by atoms with Crippen LogP contribution in [0.5, 0.6) is 0 Å². The lowest BCUT2D eigenvalue weighted by atomic mass is 9.60. The van der Waals surface area contributed by atoms with Crippen LogP contribution in [-0.2, 0) is 23.2 Å². The minimum atomic E-state index is -2.81. The van der Waals surface area contributed by atoms with Gasteiger partial charge in [0.25, 0.3) is 0 Å². The molecule has 3 atom stereocenters. The van der Waals surface area contributed by atoms with Crippen LogP contribution in [0.1, 0.15) is 41.0 Å². The van der Waals surface area contributed by atoms with Crippen LogP contribution in [0.4, 0.5) is 4.39 Å². The molecule has 1 aromatic carbocycles. The Kier molecular flexibility index (Phi) is 6.11. The fourth-order valence-corrected chi connectivity index (χ4v) is 7.42. The van der Waals surface area contributed by atoms with Crippen molar-refractivity contribution in [3.63, 3.8) is 0 Å². The minimum Gasteiger partial charge on any atom is -0.291 e. The number of aryl methyl sites for hydroxylation is 1. The van der Waals surface area contributed by atoms with Gasteiger partial charge in [-0.1, -0.05) is 11.6 Å². The van der Waals surface area contributed by atoms with Crippen molar-refractivity contribution >= 4 is 27.4 Å². The van der Waals surface area contributed by atoms with E-state index in [0.29, 0.717) is 36.3 Å². The number of carbonyl (C=O) groups excluding carboxylic acids is 1. The predicted molar refractivity (Wildman–Crippen MR) is 148 cm³/mol. The van der Waals surface area contributed by atoms with Gasteiger partial charge in [-0.3, -0.25) is 14.5 Å². The second kappa shape index (κ2) is 9.39. The number of ketones is 1. The topological polar surface area (TPSA) is 85.9 Å². The third-order valence-electron chi connectivity index (χ3n) is 8.07. The molecule has 0 N–H and O–H groups in total. The van der Waals surface area contributed by atoms with E-state index in [1.54, 1.807) is 65.5 Å². The molecule has 200 valence electrons. The number of nitrogens with zero attached hydrogens (tertiary/aromatic N) is 6. The Labute approximate surface area is 226 Å². The molecule has 1 unspecified atom stereocenters. The summed E-state index contributed by atoms with van der Waals surface area (Å²) < 4.78 is 32.7. The number of rotatable bonds is 6. The Morgan fingerprint density at radius 1 is 1.18 bits per heavy atom. The maximum Gasteiger partial charge on any atom is 0.191 e. The molecule has 4 aromatic rings. The number of Topliss-reactive ketones (excluding diaryl/α,β-unsaturated/α-hetero) is 1. The van der Waals surface area contributed by atoms with Crippen LogP contribution in [0, 0.1) is 11.2 Å². The van der Waals surface area contributed by atoms with Crippen LogP contribution >= 0.6 is 0 Å². The highest BCUT2D eigenvalue weighted by atomic mass is 32.2. The summed E-state index contributed by atoms with van der Waals surface area (Å²) in [5.41, 5.74) is 3.13. The highest BCUT2D eigenvalue weighted by Gasteiger charge is 2.50. The molecule has 2 aliphatic rings. The molecular formula is C29H29FN6O2S. The fourth-order valence-electron chi connectivity index (χ4n) is 5.89. The maximum atomic E-state index is 14.3. The second-order valence-electron chi connectivity index (χ2n) is 10.3. The first-order chi connectivity index (χ1) is 18.7. The Morgan fingerprint density at radius 2 is 1.97 bits per heavy atom. The van der Waals surface area contributed by atoms with Gasteiger partial charge < -0.3 is 0 Å². The lowest BCUT2D eigenvalue weighted by Crippen LogP contribution is -2.49. The largest absolute Gasteiger partial charge is 0.291 e. The summed E-state index contributed by atoms with van der Waals surface area (Å²) in [6, 6.07) is 11.4. The number of hydrogen-bond acceptors (Lipinski definition) is 5. The number of carbonyl (C=O) groups is 1. The Balaban J connectivity index is 1.42. The molecule has 0 amide bonds. The van der Waals surface area contributed by atoms with Gasteiger partial charge in [-0.2, -0.15) is 10.2 Å². The number of allylic oxidation sites excluding steroid dienone is 1. The molecule has 39 heavy (non-hydrogen) atoms. The van der Waals surface area contributed by atoms with Crippen LogP contribution in [0.2, 0.25) is 0 Å². The Bertz CT molecular complexity index is 1690. The van der Waals surface area contributed by atoms with E-state index in [1.807, 2.05) is 17.4 Å². The molecule has 0 bridgehead atoms. The van der Waals surface area contributed by atoms with Gasteiger partial charge in [-0.15, -0.1) is 0 Å². The van der Waals surface area contributed by atoms with Crippen LogP contribution in [0.15, 0.2) is 77.7 Å². The van der Waals surface area contributed by atoms with Crippen molar-refractivity contribution < 1.29 is 13.4 Å². The third-order valence-corrected chi connectivity index (χ3v) is 10.2. The third kappa shape index (κ3) is 4.24. The van der Waals surface area contributed by atoms with Crippen molar-refractivity contribution in [3.05, 3.63) is 95.6 Å². The van der Waals surface area contributed by atoms with E-state index >= 15 is 0 Å². The summed E-state index contributed by atoms with van der Waals surface area (Å²) in [4.78, 5) is 19.2. The van der Waals surface area contributed by atoms with Crippen LogP contribution < -0.4 is 0 Å². The van der Waals surface area contributed by atoms with E-state index in [0.717, 1.165) is 22.5 Å². The standard InChI is InChI=1S/C29H29FN6O2S/c1-34-19-25(18-32-34)39(3,38)35(2)24-10-7-21-14-27-20(17-33-36(27)23-11-8-22(30)9-12-23)15-29(21,16-24)28(37)26-6-4-5-13-31-26/h4-6,8-9,11-14,17-19,24H,3,7,10,15-16H2,1-2H3/t24-,29-,39?/m0/s1. The summed E-state index contributed by atoms with van der Waals surface area (Å²) in [5, 5.41) is 8.79. The van der Waals surface area contributed by atoms with Crippen LogP contribution in [-0.4, -0.2) is 57.8 Å². The second-order valence-corrected chi connectivity index (χ2v) is 12.7. The molecule has 2 aliphatic carbocycles. The SMILES string of the molecule is C=S(=O)(c1cnn(C)c1)N(C)[C@H]1CCC2=Cc3c(cnn3-c3ccc(F)cc3)C[C@]2(C(=O)c2ccccn2)C1. The van der Waals surface area contributed by atoms with E-state index in [-0.39, 0.29) is 17.6 Å². The summed E-state index contributed by atoms with van der Waals surface area (Å²) in [5.74, 6) is 3.72. The first kappa shape index (κ1) is 25.4. The minimum absolute atomic E-state index is 0.0513. The molecule has 10 heteroatoms. The van der Waals surface area contributed by atoms with E-state index in [4.69, 9.17) is 0 Å². The van der Waals surface area contributed by atoms with E-state index in [2.05, 4.69) is 27.1 Å². The normalized spacial score (nSPS) is 22.1. The highest BCUT2D eigenvalue weighted by Crippen LogP contribution is 2.51. The molecule has 1 fully saturated rings. The monoisotopic (exact) mass is 544 g/mol. The van der Waals surface area contributed by atoms with E-state index in [9.17, 15) is 13.4 Å². The molecule has 3 heterocycles.